The zero-order valence-electron chi connectivity index (χ0n) is 16.8. The largest absolute Gasteiger partial charge is 0.454 e. The second-order valence-corrected chi connectivity index (χ2v) is 8.62. The van der Waals surface area contributed by atoms with Crippen LogP contribution in [0.25, 0.3) is 0 Å². The van der Waals surface area contributed by atoms with Gasteiger partial charge in [0.15, 0.2) is 6.61 Å². The molecule has 1 aromatic carbocycles. The second kappa shape index (κ2) is 10.2. The zero-order chi connectivity index (χ0) is 21.6. The van der Waals surface area contributed by atoms with Crippen molar-refractivity contribution in [2.45, 2.75) is 51.7 Å². The normalized spacial score (nSPS) is 16.4. The molecule has 1 aromatic rings. The topological polar surface area (TPSA) is 84.9 Å². The van der Waals surface area contributed by atoms with Gasteiger partial charge in [-0.25, -0.2) is 9.59 Å². The van der Waals surface area contributed by atoms with E-state index in [0.29, 0.717) is 42.4 Å². The molecule has 1 saturated heterocycles. The molecule has 1 fully saturated rings. The number of benzene rings is 1. The fourth-order valence-corrected chi connectivity index (χ4v) is 3.40. The summed E-state index contributed by atoms with van der Waals surface area (Å²) in [7, 11) is 0. The molecule has 1 N–H and O–H groups in total. The van der Waals surface area contributed by atoms with Gasteiger partial charge in [0.05, 0.1) is 0 Å². The summed E-state index contributed by atoms with van der Waals surface area (Å²) in [6.45, 7) is 5.63. The van der Waals surface area contributed by atoms with E-state index in [1.165, 1.54) is 4.90 Å². The lowest BCUT2D eigenvalue weighted by atomic mass is 10.1. The lowest BCUT2D eigenvalue weighted by Crippen LogP contribution is -2.44. The first-order valence-corrected chi connectivity index (χ1v) is 10.2. The minimum atomic E-state index is -0.731. The number of esters is 1. The van der Waals surface area contributed by atoms with Crippen molar-refractivity contribution in [2.75, 3.05) is 19.7 Å². The highest BCUT2D eigenvalue weighted by Gasteiger charge is 2.37. The standard InChI is InChI=1S/C20H26Cl2N2O5/c1-20(2,3)29-19(27)24-10-4-5-16(24)18(26)28-12-17(25)23-9-8-13-6-7-14(21)11-15(13)22/h6-7,11,16H,4-5,8-10,12H2,1-3H3,(H,23,25)/t16-/m0/s1. The van der Waals surface area contributed by atoms with Gasteiger partial charge in [0, 0.05) is 23.1 Å². The first-order valence-electron chi connectivity index (χ1n) is 9.44. The molecular weight excluding hydrogens is 419 g/mol. The summed E-state index contributed by atoms with van der Waals surface area (Å²) in [5, 5.41) is 3.74. The highest BCUT2D eigenvalue weighted by Crippen LogP contribution is 2.22. The Bertz CT molecular complexity index is 764. The molecule has 29 heavy (non-hydrogen) atoms. The van der Waals surface area contributed by atoms with Gasteiger partial charge in [-0.3, -0.25) is 9.69 Å². The van der Waals surface area contributed by atoms with Crippen LogP contribution >= 0.6 is 23.2 Å². The third-order valence-corrected chi connectivity index (χ3v) is 4.82. The summed E-state index contributed by atoms with van der Waals surface area (Å²) in [5.74, 6) is -1.03. The van der Waals surface area contributed by atoms with Crippen LogP contribution in [0.2, 0.25) is 10.0 Å². The van der Waals surface area contributed by atoms with Crippen LogP contribution in [0.5, 0.6) is 0 Å². The van der Waals surface area contributed by atoms with Crippen molar-refractivity contribution >= 4 is 41.2 Å². The number of carbonyl (C=O) groups excluding carboxylic acids is 3. The summed E-state index contributed by atoms with van der Waals surface area (Å²) in [6, 6.07) is 4.43. The maximum atomic E-state index is 12.3. The van der Waals surface area contributed by atoms with Crippen LogP contribution in [-0.4, -0.2) is 54.2 Å². The van der Waals surface area contributed by atoms with Gasteiger partial charge in [-0.1, -0.05) is 29.3 Å². The van der Waals surface area contributed by atoms with Gasteiger partial charge in [-0.05, 0) is 57.7 Å². The number of hydrogen-bond donors (Lipinski definition) is 1. The van der Waals surface area contributed by atoms with Crippen molar-refractivity contribution in [3.8, 4) is 0 Å². The number of nitrogens with zero attached hydrogens (tertiary/aromatic N) is 1. The van der Waals surface area contributed by atoms with Gasteiger partial charge < -0.3 is 14.8 Å². The molecule has 9 heteroatoms. The number of ether oxygens (including phenoxy) is 2. The van der Waals surface area contributed by atoms with Gasteiger partial charge in [-0.2, -0.15) is 0 Å². The first kappa shape index (κ1) is 23.3. The highest BCUT2D eigenvalue weighted by molar-refractivity contribution is 6.35. The summed E-state index contributed by atoms with van der Waals surface area (Å²) in [5.41, 5.74) is 0.202. The molecule has 7 nitrogen and oxygen atoms in total. The SMILES string of the molecule is CC(C)(C)OC(=O)N1CCC[C@H]1C(=O)OCC(=O)NCCc1ccc(Cl)cc1Cl. The summed E-state index contributed by atoms with van der Waals surface area (Å²) < 4.78 is 10.4. The fraction of sp³-hybridized carbons (Fsp3) is 0.550. The first-order chi connectivity index (χ1) is 13.6. The van der Waals surface area contributed by atoms with E-state index in [-0.39, 0.29) is 0 Å². The summed E-state index contributed by atoms with van der Waals surface area (Å²) in [6.07, 6.45) is 1.12. The van der Waals surface area contributed by atoms with Crippen molar-refractivity contribution in [2.24, 2.45) is 0 Å². The van der Waals surface area contributed by atoms with Crippen LogP contribution in [0.15, 0.2) is 18.2 Å². The van der Waals surface area contributed by atoms with Gasteiger partial charge in [0.25, 0.3) is 5.91 Å². The number of amides is 2. The van der Waals surface area contributed by atoms with E-state index < -0.39 is 36.2 Å². The lowest BCUT2D eigenvalue weighted by Gasteiger charge is -2.27. The molecule has 160 valence electrons. The summed E-state index contributed by atoms with van der Waals surface area (Å²) in [4.78, 5) is 37.9. The van der Waals surface area contributed by atoms with Crippen molar-refractivity contribution < 1.29 is 23.9 Å². The van der Waals surface area contributed by atoms with Gasteiger partial charge in [-0.15, -0.1) is 0 Å². The van der Waals surface area contributed by atoms with Crippen LogP contribution in [-0.2, 0) is 25.5 Å². The van der Waals surface area contributed by atoms with Crippen LogP contribution in [0.1, 0.15) is 39.2 Å². The smallest absolute Gasteiger partial charge is 0.411 e. The summed E-state index contributed by atoms with van der Waals surface area (Å²) >= 11 is 11.9. The van der Waals surface area contributed by atoms with Gasteiger partial charge in [0.2, 0.25) is 0 Å². The third kappa shape index (κ3) is 7.40. The molecular formula is C20H26Cl2N2O5. The predicted molar refractivity (Wildman–Crippen MR) is 110 cm³/mol. The Balaban J connectivity index is 1.76. The Kier molecular flexibility index (Phi) is 8.16. The number of nitrogens with one attached hydrogen (secondary N) is 1. The fourth-order valence-electron chi connectivity index (χ4n) is 2.90. The molecule has 1 heterocycles. The van der Waals surface area contributed by atoms with E-state index >= 15 is 0 Å². The Labute approximate surface area is 180 Å². The van der Waals surface area contributed by atoms with E-state index in [2.05, 4.69) is 5.32 Å². The Morgan fingerprint density at radius 2 is 1.97 bits per heavy atom. The molecule has 0 aromatic heterocycles. The molecule has 1 aliphatic rings. The zero-order valence-corrected chi connectivity index (χ0v) is 18.3. The molecule has 0 saturated carbocycles. The van der Waals surface area contributed by atoms with Crippen LogP contribution in [0, 0.1) is 0 Å². The molecule has 0 radical (unpaired) electrons. The van der Waals surface area contributed by atoms with E-state index in [1.54, 1.807) is 39.0 Å². The Morgan fingerprint density at radius 1 is 1.24 bits per heavy atom. The molecule has 2 amide bonds. The van der Waals surface area contributed by atoms with Crippen LogP contribution in [0.4, 0.5) is 4.79 Å². The number of hydrogen-bond acceptors (Lipinski definition) is 5. The van der Waals surface area contributed by atoms with Crippen LogP contribution in [0.3, 0.4) is 0 Å². The number of rotatable bonds is 6. The molecule has 0 unspecified atom stereocenters. The Morgan fingerprint density at radius 3 is 2.62 bits per heavy atom. The van der Waals surface area contributed by atoms with Crippen LogP contribution < -0.4 is 5.32 Å². The minimum Gasteiger partial charge on any atom is -0.454 e. The van der Waals surface area contributed by atoms with Gasteiger partial charge >= 0.3 is 12.1 Å². The maximum absolute atomic E-state index is 12.3. The van der Waals surface area contributed by atoms with E-state index in [1.807, 2.05) is 0 Å². The second-order valence-electron chi connectivity index (χ2n) is 7.78. The molecule has 1 atom stereocenters. The van der Waals surface area contributed by atoms with Crippen molar-refractivity contribution in [1.82, 2.24) is 10.2 Å². The van der Waals surface area contributed by atoms with Crippen molar-refractivity contribution in [3.05, 3.63) is 33.8 Å². The number of carbonyl (C=O) groups is 3. The maximum Gasteiger partial charge on any atom is 0.411 e. The number of likely N-dealkylation sites (tertiary alicyclic amines) is 1. The van der Waals surface area contributed by atoms with E-state index in [4.69, 9.17) is 32.7 Å². The van der Waals surface area contributed by atoms with Crippen molar-refractivity contribution in [3.63, 3.8) is 0 Å². The predicted octanol–water partition coefficient (Wildman–Crippen LogP) is 3.59. The molecule has 2 rings (SSSR count). The molecule has 1 aliphatic heterocycles. The Hall–Kier alpha value is -1.99. The third-order valence-electron chi connectivity index (χ3n) is 4.23. The molecule has 0 aliphatic carbocycles. The van der Waals surface area contributed by atoms with E-state index in [9.17, 15) is 14.4 Å². The lowest BCUT2D eigenvalue weighted by molar-refractivity contribution is -0.152. The van der Waals surface area contributed by atoms with E-state index in [0.717, 1.165) is 5.56 Å². The average Bonchev–Trinajstić information content (AvgIpc) is 3.10. The van der Waals surface area contributed by atoms with Gasteiger partial charge in [0.1, 0.15) is 11.6 Å². The highest BCUT2D eigenvalue weighted by atomic mass is 35.5. The average molecular weight is 445 g/mol. The molecule has 0 spiro atoms. The molecule has 0 bridgehead atoms. The minimum absolute atomic E-state index is 0.338. The quantitative estimate of drug-likeness (QED) is 0.677. The monoisotopic (exact) mass is 444 g/mol. The van der Waals surface area contributed by atoms with Crippen molar-refractivity contribution in [1.29, 1.82) is 0 Å². The number of halogens is 2.